The topological polar surface area (TPSA) is 105 Å². The third-order valence-electron chi connectivity index (χ3n) is 3.69. The van der Waals surface area contributed by atoms with Gasteiger partial charge in [0.15, 0.2) is 6.10 Å². The molecule has 136 valence electrons. The van der Waals surface area contributed by atoms with Crippen molar-refractivity contribution in [1.82, 2.24) is 0 Å². The maximum atomic E-state index is 11.5. The van der Waals surface area contributed by atoms with Crippen molar-refractivity contribution in [2.45, 2.75) is 65.5 Å². The van der Waals surface area contributed by atoms with Crippen LogP contribution in [0, 0.1) is 5.92 Å². The Morgan fingerprint density at radius 3 is 1.83 bits per heavy atom. The van der Waals surface area contributed by atoms with Gasteiger partial charge in [-0.25, -0.2) is 0 Å². The van der Waals surface area contributed by atoms with Crippen molar-refractivity contribution in [3.8, 4) is 0 Å². The molecule has 1 aliphatic rings. The van der Waals surface area contributed by atoms with Gasteiger partial charge in [0.25, 0.3) is 0 Å². The standard InChI is InChI=1S/C16H24O8/c1-8(17)6-13-16(23-12(5)20)15(22-11(4)19)9(2)14(24-13)7-21-10(3)18/h9,13-16H,6-7H2,1-5H3/t9-,13-,14+,15-,16-/m0/s1. The van der Waals surface area contributed by atoms with E-state index in [-0.39, 0.29) is 18.8 Å². The van der Waals surface area contributed by atoms with Crippen LogP contribution < -0.4 is 0 Å². The van der Waals surface area contributed by atoms with Crippen molar-refractivity contribution < 1.29 is 38.1 Å². The van der Waals surface area contributed by atoms with Gasteiger partial charge in [-0.2, -0.15) is 0 Å². The molecule has 0 unspecified atom stereocenters. The Labute approximate surface area is 140 Å². The van der Waals surface area contributed by atoms with Gasteiger partial charge in [0.2, 0.25) is 0 Å². The van der Waals surface area contributed by atoms with E-state index in [1.54, 1.807) is 6.92 Å². The molecule has 0 radical (unpaired) electrons. The SMILES string of the molecule is CC(=O)C[C@@H]1O[C@H](COC(C)=O)[C@H](C)[C@H](OC(C)=O)[C@H]1OC(C)=O. The molecule has 24 heavy (non-hydrogen) atoms. The molecule has 1 heterocycles. The molecule has 0 aromatic heterocycles. The highest BCUT2D eigenvalue weighted by Crippen LogP contribution is 2.32. The van der Waals surface area contributed by atoms with Gasteiger partial charge in [-0.3, -0.25) is 19.2 Å². The average Bonchev–Trinajstić information content (AvgIpc) is 2.42. The van der Waals surface area contributed by atoms with Crippen molar-refractivity contribution in [1.29, 1.82) is 0 Å². The van der Waals surface area contributed by atoms with Crippen LogP contribution in [-0.2, 0) is 38.1 Å². The quantitative estimate of drug-likeness (QED) is 0.514. The fourth-order valence-electron chi connectivity index (χ4n) is 2.69. The van der Waals surface area contributed by atoms with Gasteiger partial charge < -0.3 is 18.9 Å². The fraction of sp³-hybridized carbons (Fsp3) is 0.750. The number of ketones is 1. The number of rotatable bonds is 6. The molecule has 8 heteroatoms. The molecule has 0 spiro atoms. The molecular formula is C16H24O8. The summed E-state index contributed by atoms with van der Waals surface area (Å²) in [5, 5.41) is 0. The Kier molecular flexibility index (Phi) is 7.34. The van der Waals surface area contributed by atoms with Gasteiger partial charge in [0.1, 0.15) is 24.6 Å². The highest BCUT2D eigenvalue weighted by atomic mass is 16.6. The Morgan fingerprint density at radius 1 is 0.833 bits per heavy atom. The summed E-state index contributed by atoms with van der Waals surface area (Å²) in [5.41, 5.74) is 0. The molecular weight excluding hydrogens is 320 g/mol. The van der Waals surface area contributed by atoms with Gasteiger partial charge in [-0.15, -0.1) is 0 Å². The normalized spacial score (nSPS) is 29.5. The van der Waals surface area contributed by atoms with Gasteiger partial charge >= 0.3 is 17.9 Å². The summed E-state index contributed by atoms with van der Waals surface area (Å²) < 4.78 is 21.4. The summed E-state index contributed by atoms with van der Waals surface area (Å²) in [6.45, 7) is 6.82. The van der Waals surface area contributed by atoms with Gasteiger partial charge in [0, 0.05) is 33.1 Å². The minimum absolute atomic E-state index is 0.0149. The second kappa shape index (κ2) is 8.77. The minimum Gasteiger partial charge on any atom is -0.463 e. The molecule has 0 amide bonds. The van der Waals surface area contributed by atoms with Crippen LogP contribution in [0.5, 0.6) is 0 Å². The molecule has 1 saturated heterocycles. The molecule has 1 rings (SSSR count). The van der Waals surface area contributed by atoms with E-state index in [4.69, 9.17) is 18.9 Å². The molecule has 5 atom stereocenters. The number of hydrogen-bond acceptors (Lipinski definition) is 8. The number of ether oxygens (including phenoxy) is 4. The second-order valence-corrected chi connectivity index (χ2v) is 5.93. The summed E-state index contributed by atoms with van der Waals surface area (Å²) in [7, 11) is 0. The first-order valence-electron chi connectivity index (χ1n) is 7.74. The molecule has 0 N–H and O–H groups in total. The minimum atomic E-state index is -0.904. The van der Waals surface area contributed by atoms with E-state index in [2.05, 4.69) is 0 Å². The smallest absolute Gasteiger partial charge is 0.303 e. The first kappa shape index (κ1) is 20.1. The number of esters is 3. The van der Waals surface area contributed by atoms with E-state index in [9.17, 15) is 19.2 Å². The van der Waals surface area contributed by atoms with Crippen LogP contribution in [0.4, 0.5) is 0 Å². The molecule has 8 nitrogen and oxygen atoms in total. The molecule has 1 aliphatic heterocycles. The van der Waals surface area contributed by atoms with E-state index in [0.717, 1.165) is 0 Å². The summed E-state index contributed by atoms with van der Waals surface area (Å²) in [6.07, 6.45) is -3.09. The lowest BCUT2D eigenvalue weighted by Gasteiger charge is -2.44. The predicted molar refractivity (Wildman–Crippen MR) is 80.9 cm³/mol. The molecule has 0 saturated carbocycles. The summed E-state index contributed by atoms with van der Waals surface area (Å²) in [5.74, 6) is -2.15. The van der Waals surface area contributed by atoms with Crippen LogP contribution in [-0.4, -0.2) is 54.7 Å². The van der Waals surface area contributed by atoms with Crippen LogP contribution in [0.2, 0.25) is 0 Å². The zero-order valence-electron chi connectivity index (χ0n) is 14.6. The first-order valence-corrected chi connectivity index (χ1v) is 7.74. The summed E-state index contributed by atoms with van der Waals surface area (Å²) in [4.78, 5) is 45.4. The highest BCUT2D eigenvalue weighted by Gasteiger charge is 2.48. The van der Waals surface area contributed by atoms with Crippen molar-refractivity contribution in [3.05, 3.63) is 0 Å². The van der Waals surface area contributed by atoms with Gasteiger partial charge in [-0.1, -0.05) is 6.92 Å². The van der Waals surface area contributed by atoms with Crippen LogP contribution in [0.15, 0.2) is 0 Å². The first-order chi connectivity index (χ1) is 11.1. The van der Waals surface area contributed by atoms with Crippen molar-refractivity contribution in [2.24, 2.45) is 5.92 Å². The lowest BCUT2D eigenvalue weighted by molar-refractivity contribution is -0.230. The molecule has 1 fully saturated rings. The molecule has 0 bridgehead atoms. The van der Waals surface area contributed by atoms with Crippen LogP contribution >= 0.6 is 0 Å². The molecule has 0 aromatic rings. The lowest BCUT2D eigenvalue weighted by atomic mass is 9.86. The summed E-state index contributed by atoms with van der Waals surface area (Å²) >= 11 is 0. The fourth-order valence-corrected chi connectivity index (χ4v) is 2.69. The zero-order chi connectivity index (χ0) is 18.4. The largest absolute Gasteiger partial charge is 0.463 e. The lowest BCUT2D eigenvalue weighted by Crippen LogP contribution is -2.58. The molecule has 0 aromatic carbocycles. The Hall–Kier alpha value is -1.96. The van der Waals surface area contributed by atoms with Crippen molar-refractivity contribution in [2.75, 3.05) is 6.61 Å². The Bertz CT molecular complexity index is 500. The number of carbonyl (C=O) groups is 4. The van der Waals surface area contributed by atoms with E-state index in [1.165, 1.54) is 27.7 Å². The van der Waals surface area contributed by atoms with Crippen LogP contribution in [0.25, 0.3) is 0 Å². The van der Waals surface area contributed by atoms with Gasteiger partial charge in [0.05, 0.1) is 6.10 Å². The molecule has 0 aliphatic carbocycles. The monoisotopic (exact) mass is 344 g/mol. The predicted octanol–water partition coefficient (Wildman–Crippen LogP) is 0.795. The third kappa shape index (κ3) is 5.92. The van der Waals surface area contributed by atoms with E-state index in [0.29, 0.717) is 0 Å². The maximum Gasteiger partial charge on any atom is 0.303 e. The van der Waals surface area contributed by atoms with Gasteiger partial charge in [-0.05, 0) is 6.92 Å². The zero-order valence-corrected chi connectivity index (χ0v) is 14.6. The number of hydrogen-bond donors (Lipinski definition) is 0. The van der Waals surface area contributed by atoms with E-state index < -0.39 is 48.2 Å². The van der Waals surface area contributed by atoms with Crippen molar-refractivity contribution in [3.63, 3.8) is 0 Å². The summed E-state index contributed by atoms with van der Waals surface area (Å²) in [6, 6.07) is 0. The number of Topliss-reactive ketones (excluding diaryl/α,β-unsaturated/α-hetero) is 1. The number of carbonyl (C=O) groups excluding carboxylic acids is 4. The second-order valence-electron chi connectivity index (χ2n) is 5.93. The average molecular weight is 344 g/mol. The third-order valence-corrected chi connectivity index (χ3v) is 3.69. The van der Waals surface area contributed by atoms with E-state index in [1.807, 2.05) is 0 Å². The Balaban J connectivity index is 3.07. The van der Waals surface area contributed by atoms with E-state index >= 15 is 0 Å². The maximum absolute atomic E-state index is 11.5. The highest BCUT2D eigenvalue weighted by molar-refractivity contribution is 5.76. The van der Waals surface area contributed by atoms with Crippen LogP contribution in [0.1, 0.15) is 41.0 Å². The Morgan fingerprint density at radius 2 is 1.38 bits per heavy atom. The van der Waals surface area contributed by atoms with Crippen molar-refractivity contribution >= 4 is 23.7 Å². The van der Waals surface area contributed by atoms with Crippen LogP contribution in [0.3, 0.4) is 0 Å².